The number of aryl methyl sites for hydroxylation is 1. The molecule has 1 aromatic carbocycles. The third kappa shape index (κ3) is 5.94. The van der Waals surface area contributed by atoms with Crippen LogP contribution in [0.4, 0.5) is 5.82 Å². The fourth-order valence-corrected chi connectivity index (χ4v) is 3.77. The number of fused-ring (bicyclic) bond motifs is 1. The Morgan fingerprint density at radius 3 is 2.74 bits per heavy atom. The van der Waals surface area contributed by atoms with Gasteiger partial charge >= 0.3 is 0 Å². The van der Waals surface area contributed by atoms with E-state index in [4.69, 9.17) is 15.3 Å². The number of rotatable bonds is 8. The van der Waals surface area contributed by atoms with E-state index < -0.39 is 0 Å². The Kier molecular flexibility index (Phi) is 7.82. The summed E-state index contributed by atoms with van der Waals surface area (Å²) in [5.74, 6) is 0.655. The van der Waals surface area contributed by atoms with Crippen molar-refractivity contribution < 1.29 is 14.4 Å². The lowest BCUT2D eigenvalue weighted by atomic mass is 9.90. The van der Waals surface area contributed by atoms with Gasteiger partial charge in [-0.1, -0.05) is 24.5 Å². The molecule has 3 rings (SSSR count). The normalized spacial score (nSPS) is 19.1. The highest BCUT2D eigenvalue weighted by Crippen LogP contribution is 2.27. The summed E-state index contributed by atoms with van der Waals surface area (Å²) in [6.45, 7) is 2.82. The van der Waals surface area contributed by atoms with Crippen LogP contribution in [0, 0.1) is 6.92 Å². The molecule has 1 saturated carbocycles. The van der Waals surface area contributed by atoms with E-state index in [1.807, 2.05) is 25.1 Å². The largest absolute Gasteiger partial charge is 0.396 e. The molecule has 0 unspecified atom stereocenters. The van der Waals surface area contributed by atoms with Crippen LogP contribution in [0.5, 0.6) is 0 Å². The molecule has 2 atom stereocenters. The van der Waals surface area contributed by atoms with E-state index in [9.17, 15) is 4.79 Å². The van der Waals surface area contributed by atoms with E-state index >= 15 is 0 Å². The Morgan fingerprint density at radius 2 is 2.00 bits per heavy atom. The third-order valence-electron chi connectivity index (χ3n) is 5.26. The number of nitrogens with one attached hydrogen (secondary N) is 3. The number of carbonyl (C=O) groups excluding carboxylic acids is 1. The number of ether oxygens (including phenoxy) is 1. The van der Waals surface area contributed by atoms with Crippen LogP contribution < -0.4 is 21.7 Å². The van der Waals surface area contributed by atoms with Gasteiger partial charge in [0, 0.05) is 31.1 Å². The monoisotopic (exact) mass is 429 g/mol. The van der Waals surface area contributed by atoms with E-state index in [1.54, 1.807) is 7.11 Å². The number of nitrogens with zero attached hydrogens (tertiary/aromatic N) is 3. The molecule has 5 N–H and O–H groups in total. The summed E-state index contributed by atoms with van der Waals surface area (Å²) in [6, 6.07) is 6.02. The Morgan fingerprint density at radius 1 is 1.23 bits per heavy atom. The lowest BCUT2D eigenvalue weighted by molar-refractivity contribution is 0.0927. The van der Waals surface area contributed by atoms with E-state index in [0.717, 1.165) is 36.6 Å². The van der Waals surface area contributed by atoms with Crippen LogP contribution in [-0.2, 0) is 9.57 Å². The lowest BCUT2D eigenvalue weighted by Crippen LogP contribution is -2.51. The summed E-state index contributed by atoms with van der Waals surface area (Å²) in [5.41, 5.74) is 7.70. The summed E-state index contributed by atoms with van der Waals surface area (Å²) in [6.07, 6.45) is 4.05. The maximum Gasteiger partial charge on any atom is 0.289 e. The summed E-state index contributed by atoms with van der Waals surface area (Å²) in [7, 11) is 3.04. The van der Waals surface area contributed by atoms with Crippen LogP contribution in [0.15, 0.2) is 23.4 Å². The molecule has 0 saturated heterocycles. The van der Waals surface area contributed by atoms with Gasteiger partial charge < -0.3 is 31.3 Å². The zero-order chi connectivity index (χ0) is 22.2. The first-order chi connectivity index (χ1) is 15.0. The van der Waals surface area contributed by atoms with Crippen molar-refractivity contribution in [2.24, 2.45) is 10.9 Å². The number of anilines is 1. The average molecular weight is 430 g/mol. The van der Waals surface area contributed by atoms with Gasteiger partial charge in [-0.25, -0.2) is 9.97 Å². The van der Waals surface area contributed by atoms with E-state index in [1.165, 1.54) is 7.11 Å². The second kappa shape index (κ2) is 10.8. The zero-order valence-electron chi connectivity index (χ0n) is 18.3. The van der Waals surface area contributed by atoms with Crippen molar-refractivity contribution in [3.8, 4) is 0 Å². The molecule has 1 aliphatic carbocycles. The van der Waals surface area contributed by atoms with Crippen LogP contribution in [0.3, 0.4) is 0 Å². The van der Waals surface area contributed by atoms with Crippen molar-refractivity contribution in [1.82, 2.24) is 20.6 Å². The number of oxime groups is 1. The van der Waals surface area contributed by atoms with Gasteiger partial charge in [0.1, 0.15) is 12.9 Å². The van der Waals surface area contributed by atoms with Crippen LogP contribution in [-0.4, -0.2) is 61.3 Å². The van der Waals surface area contributed by atoms with E-state index in [2.05, 4.69) is 31.1 Å². The number of hydrogen-bond acceptors (Lipinski definition) is 7. The smallest absolute Gasteiger partial charge is 0.289 e. The van der Waals surface area contributed by atoms with Crippen molar-refractivity contribution in [2.45, 2.75) is 44.7 Å². The van der Waals surface area contributed by atoms with Gasteiger partial charge in [-0.05, 0) is 37.1 Å². The second-order valence-corrected chi connectivity index (χ2v) is 7.61. The van der Waals surface area contributed by atoms with Gasteiger partial charge in [-0.3, -0.25) is 4.79 Å². The Balaban J connectivity index is 1.90. The lowest BCUT2D eigenvalue weighted by Gasteiger charge is -2.33. The predicted octanol–water partition coefficient (Wildman–Crippen LogP) is 1.50. The molecule has 10 heteroatoms. The number of benzene rings is 1. The summed E-state index contributed by atoms with van der Waals surface area (Å²) < 4.78 is 4.99. The highest BCUT2D eigenvalue weighted by Gasteiger charge is 2.27. The first-order valence-electron chi connectivity index (χ1n) is 10.5. The summed E-state index contributed by atoms with van der Waals surface area (Å²) in [4.78, 5) is 26.4. The minimum absolute atomic E-state index is 0.0569. The molecule has 1 aliphatic rings. The molecule has 0 bridgehead atoms. The average Bonchev–Trinajstić information content (AvgIpc) is 2.75. The first-order valence-corrected chi connectivity index (χ1v) is 10.5. The number of carbonyl (C=O) groups is 1. The molecule has 1 amide bonds. The number of aromatic nitrogens is 2. The van der Waals surface area contributed by atoms with Gasteiger partial charge in [0.25, 0.3) is 5.91 Å². The number of hydrogen-bond donors (Lipinski definition) is 4. The molecule has 1 fully saturated rings. The van der Waals surface area contributed by atoms with Gasteiger partial charge in [0.05, 0.1) is 12.1 Å². The van der Waals surface area contributed by atoms with Crippen LogP contribution >= 0.6 is 0 Å². The maximum absolute atomic E-state index is 12.6. The fraction of sp³-hybridized carbons (Fsp3) is 0.524. The van der Waals surface area contributed by atoms with Crippen molar-refractivity contribution in [1.29, 1.82) is 0 Å². The molecule has 31 heavy (non-hydrogen) atoms. The number of amides is 1. The van der Waals surface area contributed by atoms with E-state index in [-0.39, 0.29) is 29.8 Å². The molecule has 10 nitrogen and oxygen atoms in total. The van der Waals surface area contributed by atoms with Gasteiger partial charge in [-0.2, -0.15) is 0 Å². The van der Waals surface area contributed by atoms with Crippen LogP contribution in [0.25, 0.3) is 10.9 Å². The highest BCUT2D eigenvalue weighted by molar-refractivity contribution is 5.96. The van der Waals surface area contributed by atoms with Crippen LogP contribution in [0.2, 0.25) is 0 Å². The van der Waals surface area contributed by atoms with E-state index in [0.29, 0.717) is 24.5 Å². The first kappa shape index (κ1) is 22.5. The Hall–Kier alpha value is -3.14. The molecule has 0 aliphatic heterocycles. The van der Waals surface area contributed by atoms with Gasteiger partial charge in [-0.15, -0.1) is 0 Å². The number of guanidine groups is 1. The highest BCUT2D eigenvalue weighted by atomic mass is 16.6. The van der Waals surface area contributed by atoms with Crippen LogP contribution in [0.1, 0.15) is 41.9 Å². The molecular weight excluding hydrogens is 398 g/mol. The Labute approximate surface area is 182 Å². The molecule has 168 valence electrons. The van der Waals surface area contributed by atoms with Crippen molar-refractivity contribution in [2.75, 3.05) is 32.7 Å². The fourth-order valence-electron chi connectivity index (χ4n) is 3.77. The molecular formula is C21H31N7O3. The second-order valence-electron chi connectivity index (χ2n) is 7.61. The minimum Gasteiger partial charge on any atom is -0.396 e. The Bertz CT molecular complexity index is 935. The summed E-state index contributed by atoms with van der Waals surface area (Å²) >= 11 is 0. The standard InChI is InChI=1S/C21H31N7O3/c1-13-8-9-15-14(12-13)18(27-19(24-15)20(29)23-10-11-30-2)25-16-6-4-5-7-17(16)26-21(22)28-31-3/h8-9,12,16-17H,4-7,10-11H2,1-3H3,(H,23,29)(H3,22,26,28)(H,24,25,27)/t16-,17+/m1/s1. The topological polar surface area (TPSA) is 136 Å². The minimum atomic E-state index is -0.336. The van der Waals surface area contributed by atoms with Gasteiger partial charge in [0.2, 0.25) is 11.8 Å². The maximum atomic E-state index is 12.6. The van der Waals surface area contributed by atoms with Crippen molar-refractivity contribution >= 4 is 28.6 Å². The molecule has 2 aromatic rings. The molecule has 0 radical (unpaired) electrons. The third-order valence-corrected chi connectivity index (χ3v) is 5.26. The predicted molar refractivity (Wildman–Crippen MR) is 120 cm³/mol. The SMILES string of the molecule is COCCNC(=O)c1nc(N[C@@H]2CCCC[C@@H]2N/C(N)=N\OC)c2cc(C)ccc2n1. The molecule has 0 spiro atoms. The summed E-state index contributed by atoms with van der Waals surface area (Å²) in [5, 5.41) is 14.2. The number of nitrogens with two attached hydrogens (primary N) is 1. The van der Waals surface area contributed by atoms with Gasteiger partial charge in [0.15, 0.2) is 0 Å². The zero-order valence-corrected chi connectivity index (χ0v) is 18.3. The quantitative estimate of drug-likeness (QED) is 0.215. The molecule has 1 aromatic heterocycles. The molecule has 1 heterocycles. The van der Waals surface area contributed by atoms with Crippen molar-refractivity contribution in [3.05, 3.63) is 29.6 Å². The number of methoxy groups -OCH3 is 1. The van der Waals surface area contributed by atoms with Crippen molar-refractivity contribution in [3.63, 3.8) is 0 Å².